The molecule has 0 saturated carbocycles. The van der Waals surface area contributed by atoms with E-state index >= 15 is 0 Å². The molecule has 0 saturated heterocycles. The highest BCUT2D eigenvalue weighted by molar-refractivity contribution is 7.99. The maximum absolute atomic E-state index is 13.9. The van der Waals surface area contributed by atoms with Gasteiger partial charge in [-0.05, 0) is 77.9 Å². The maximum atomic E-state index is 13.9. The van der Waals surface area contributed by atoms with Crippen molar-refractivity contribution in [1.82, 2.24) is 15.0 Å². The van der Waals surface area contributed by atoms with Gasteiger partial charge in [0.1, 0.15) is 4.83 Å². The number of benzene rings is 4. The molecular weight excluding hydrogens is 561 g/mol. The van der Waals surface area contributed by atoms with E-state index in [0.717, 1.165) is 79.8 Å². The van der Waals surface area contributed by atoms with Crippen LogP contribution >= 0.6 is 23.1 Å². The highest BCUT2D eigenvalue weighted by atomic mass is 32.2. The van der Waals surface area contributed by atoms with Crippen LogP contribution in [0.2, 0.25) is 0 Å². The Balaban J connectivity index is 1.18. The number of nitrogens with zero attached hydrogens (tertiary/aromatic N) is 3. The summed E-state index contributed by atoms with van der Waals surface area (Å²) in [4.78, 5) is 33.9. The minimum Gasteiger partial charge on any atom is -0.272 e. The van der Waals surface area contributed by atoms with Crippen molar-refractivity contribution < 1.29 is 4.79 Å². The van der Waals surface area contributed by atoms with Crippen LogP contribution in [0.25, 0.3) is 37.4 Å². The zero-order valence-electron chi connectivity index (χ0n) is 23.1. The van der Waals surface area contributed by atoms with Crippen LogP contribution in [0, 0.1) is 6.92 Å². The third-order valence-corrected chi connectivity index (χ3v) is 9.90. The second-order valence-corrected chi connectivity index (χ2v) is 12.6. The van der Waals surface area contributed by atoms with Gasteiger partial charge in [0.2, 0.25) is 0 Å². The number of carbonyl (C=O) groups is 1. The van der Waals surface area contributed by atoms with Crippen LogP contribution in [0.4, 0.5) is 0 Å². The Labute approximate surface area is 251 Å². The Hall–Kier alpha value is -4.27. The minimum absolute atomic E-state index is 0.0629. The summed E-state index contributed by atoms with van der Waals surface area (Å²) in [6, 6.07) is 26.3. The molecule has 8 heteroatoms. The van der Waals surface area contributed by atoms with Gasteiger partial charge < -0.3 is 0 Å². The fourth-order valence-corrected chi connectivity index (χ4v) is 7.83. The summed E-state index contributed by atoms with van der Waals surface area (Å²) in [6.07, 6.45) is 5.86. The molecule has 42 heavy (non-hydrogen) atoms. The topological polar surface area (TPSA) is 76.3 Å². The third-order valence-electron chi connectivity index (χ3n) is 7.78. The van der Waals surface area contributed by atoms with E-state index in [1.807, 2.05) is 55.5 Å². The average molecular weight is 589 g/mol. The van der Waals surface area contributed by atoms with Crippen LogP contribution in [0.1, 0.15) is 34.4 Å². The first-order valence-corrected chi connectivity index (χ1v) is 15.9. The number of aromatic nitrogens is 2. The molecule has 6 nitrogen and oxygen atoms in total. The van der Waals surface area contributed by atoms with Crippen LogP contribution in [0.15, 0.2) is 93.9 Å². The summed E-state index contributed by atoms with van der Waals surface area (Å²) in [5, 5.41) is 9.95. The lowest BCUT2D eigenvalue weighted by atomic mass is 9.97. The van der Waals surface area contributed by atoms with E-state index in [1.165, 1.54) is 16.6 Å². The van der Waals surface area contributed by atoms with Crippen LogP contribution in [-0.4, -0.2) is 27.4 Å². The zero-order valence-corrected chi connectivity index (χ0v) is 24.7. The fraction of sp³-hybridized carbons (Fsp3) is 0.176. The fourth-order valence-electron chi connectivity index (χ4n) is 5.72. The number of hydrogen-bond donors (Lipinski definition) is 1. The molecule has 1 aliphatic rings. The lowest BCUT2D eigenvalue weighted by Gasteiger charge is -2.13. The summed E-state index contributed by atoms with van der Waals surface area (Å²) >= 11 is 2.87. The summed E-state index contributed by atoms with van der Waals surface area (Å²) in [7, 11) is 0. The number of rotatable bonds is 6. The van der Waals surface area contributed by atoms with Gasteiger partial charge in [0.05, 0.1) is 23.0 Å². The number of nitrogens with one attached hydrogen (secondary N) is 1. The van der Waals surface area contributed by atoms with Gasteiger partial charge in [-0.1, -0.05) is 78.0 Å². The van der Waals surface area contributed by atoms with Crippen molar-refractivity contribution in [2.24, 2.45) is 5.10 Å². The second-order valence-electron chi connectivity index (χ2n) is 10.6. The number of hydrogen-bond acceptors (Lipinski definition) is 6. The molecule has 2 aromatic heterocycles. The van der Waals surface area contributed by atoms with E-state index in [4.69, 9.17) is 4.98 Å². The van der Waals surface area contributed by atoms with Gasteiger partial charge in [-0.15, -0.1) is 11.3 Å². The molecule has 2 heterocycles. The summed E-state index contributed by atoms with van der Waals surface area (Å²) < 4.78 is 1.66. The standard InChI is InChI=1S/C34H28N4O2S2/c1-21-14-16-24(17-15-21)38-33(40)31-27-12-6-7-13-29(27)42-32(31)36-34(38)41-20-30(39)37-35-19-28-25-10-4-2-8-22(25)18-23-9-3-5-11-26(23)28/h2-5,8-11,14-19H,6-7,12-13,20H2,1H3,(H,37,39). The van der Waals surface area contributed by atoms with Crippen molar-refractivity contribution >= 4 is 67.0 Å². The van der Waals surface area contributed by atoms with Crippen molar-refractivity contribution in [3.8, 4) is 5.69 Å². The van der Waals surface area contributed by atoms with E-state index in [9.17, 15) is 9.59 Å². The van der Waals surface area contributed by atoms with E-state index < -0.39 is 0 Å². The highest BCUT2D eigenvalue weighted by Crippen LogP contribution is 2.35. The maximum Gasteiger partial charge on any atom is 0.267 e. The van der Waals surface area contributed by atoms with Crippen LogP contribution in [0.3, 0.4) is 0 Å². The van der Waals surface area contributed by atoms with Gasteiger partial charge in [0.15, 0.2) is 5.16 Å². The molecule has 0 fully saturated rings. The Morgan fingerprint density at radius 2 is 1.69 bits per heavy atom. The predicted octanol–water partition coefficient (Wildman–Crippen LogP) is 7.18. The van der Waals surface area contributed by atoms with E-state index in [2.05, 4.69) is 40.9 Å². The minimum atomic E-state index is -0.268. The van der Waals surface area contributed by atoms with Crippen molar-refractivity contribution in [3.05, 3.63) is 111 Å². The first-order valence-electron chi connectivity index (χ1n) is 14.1. The van der Waals surface area contributed by atoms with Gasteiger partial charge in [0, 0.05) is 10.4 Å². The van der Waals surface area contributed by atoms with Gasteiger partial charge in [0.25, 0.3) is 11.5 Å². The Morgan fingerprint density at radius 1 is 1.00 bits per heavy atom. The monoisotopic (exact) mass is 588 g/mol. The number of thiophene rings is 1. The number of fused-ring (bicyclic) bond motifs is 5. The largest absolute Gasteiger partial charge is 0.272 e. The summed E-state index contributed by atoms with van der Waals surface area (Å²) in [5.74, 6) is -0.196. The molecular formula is C34H28N4O2S2. The smallest absolute Gasteiger partial charge is 0.267 e. The molecule has 0 aliphatic heterocycles. The molecule has 1 aliphatic carbocycles. The number of thioether (sulfide) groups is 1. The average Bonchev–Trinajstić information content (AvgIpc) is 3.39. The predicted molar refractivity (Wildman–Crippen MR) is 175 cm³/mol. The highest BCUT2D eigenvalue weighted by Gasteiger charge is 2.23. The second kappa shape index (κ2) is 11.2. The lowest BCUT2D eigenvalue weighted by molar-refractivity contribution is -0.118. The lowest BCUT2D eigenvalue weighted by Crippen LogP contribution is -2.24. The normalized spacial score (nSPS) is 13.3. The van der Waals surface area contributed by atoms with Crippen LogP contribution in [-0.2, 0) is 17.6 Å². The van der Waals surface area contributed by atoms with Gasteiger partial charge in [-0.2, -0.15) is 5.10 Å². The van der Waals surface area contributed by atoms with E-state index in [1.54, 1.807) is 22.1 Å². The molecule has 0 spiro atoms. The van der Waals surface area contributed by atoms with Crippen molar-refractivity contribution in [3.63, 3.8) is 0 Å². The molecule has 0 atom stereocenters. The Kier molecular flexibility index (Phi) is 7.09. The van der Waals surface area contributed by atoms with Crippen molar-refractivity contribution in [2.45, 2.75) is 37.8 Å². The van der Waals surface area contributed by atoms with Crippen molar-refractivity contribution in [2.75, 3.05) is 5.75 Å². The van der Waals surface area contributed by atoms with Gasteiger partial charge >= 0.3 is 0 Å². The molecule has 1 N–H and O–H groups in total. The molecule has 0 bridgehead atoms. The first-order chi connectivity index (χ1) is 20.6. The van der Waals surface area contributed by atoms with Crippen LogP contribution < -0.4 is 11.0 Å². The SMILES string of the molecule is Cc1ccc(-n2c(SCC(=O)NN=Cc3c4ccccc4cc4ccccc34)nc3sc4c(c3c2=O)CCCC4)cc1. The number of hydrazone groups is 1. The molecule has 208 valence electrons. The van der Waals surface area contributed by atoms with E-state index in [-0.39, 0.29) is 17.2 Å². The number of amides is 1. The summed E-state index contributed by atoms with van der Waals surface area (Å²) in [5.41, 5.74) is 6.60. The van der Waals surface area contributed by atoms with Crippen LogP contribution in [0.5, 0.6) is 0 Å². The number of aryl methyl sites for hydroxylation is 3. The quantitative estimate of drug-likeness (QED) is 0.0735. The summed E-state index contributed by atoms with van der Waals surface area (Å²) in [6.45, 7) is 2.02. The molecule has 0 unspecified atom stereocenters. The zero-order chi connectivity index (χ0) is 28.6. The molecule has 7 rings (SSSR count). The third kappa shape index (κ3) is 4.91. The molecule has 6 aromatic rings. The molecule has 1 amide bonds. The molecule has 4 aromatic carbocycles. The molecule has 0 radical (unpaired) electrons. The first kappa shape index (κ1) is 26.6. The Morgan fingerprint density at radius 3 is 2.43 bits per heavy atom. The van der Waals surface area contributed by atoms with Gasteiger partial charge in [-0.3, -0.25) is 14.2 Å². The van der Waals surface area contributed by atoms with Crippen molar-refractivity contribution in [1.29, 1.82) is 0 Å². The van der Waals surface area contributed by atoms with Gasteiger partial charge in [-0.25, -0.2) is 10.4 Å². The Bertz CT molecular complexity index is 2020. The number of carbonyl (C=O) groups excluding carboxylic acids is 1. The van der Waals surface area contributed by atoms with E-state index in [0.29, 0.717) is 5.16 Å².